The van der Waals surface area contributed by atoms with Crippen LogP contribution in [0.25, 0.3) is 0 Å². The van der Waals surface area contributed by atoms with Gasteiger partial charge in [0.15, 0.2) is 0 Å². The van der Waals surface area contributed by atoms with Gasteiger partial charge in [0.25, 0.3) is 0 Å². The average molecular weight is 214 g/mol. The van der Waals surface area contributed by atoms with Gasteiger partial charge >= 0.3 is 5.97 Å². The second kappa shape index (κ2) is 5.11. The molecule has 0 spiro atoms. The Morgan fingerprint density at radius 3 is 2.67 bits per heavy atom. The van der Waals surface area contributed by atoms with E-state index < -0.39 is 12.0 Å². The van der Waals surface area contributed by atoms with Gasteiger partial charge in [0.1, 0.15) is 6.04 Å². The third kappa shape index (κ3) is 2.68. The van der Waals surface area contributed by atoms with Crippen molar-refractivity contribution >= 4 is 11.9 Å². The van der Waals surface area contributed by atoms with E-state index in [1.165, 1.54) is 4.90 Å². The van der Waals surface area contributed by atoms with Gasteiger partial charge in [-0.2, -0.15) is 0 Å². The molecule has 5 heteroatoms. The van der Waals surface area contributed by atoms with Crippen molar-refractivity contribution in [3.05, 3.63) is 0 Å². The molecule has 2 unspecified atom stereocenters. The van der Waals surface area contributed by atoms with Crippen LogP contribution in [0, 0.1) is 5.92 Å². The number of hydrogen-bond donors (Lipinski definition) is 2. The lowest BCUT2D eigenvalue weighted by Crippen LogP contribution is -2.45. The van der Waals surface area contributed by atoms with Crippen LogP contribution in [0.5, 0.6) is 0 Å². The fourth-order valence-corrected chi connectivity index (χ4v) is 1.92. The topological polar surface area (TPSA) is 69.6 Å². The molecule has 2 atom stereocenters. The number of rotatable bonds is 4. The molecule has 0 aromatic carbocycles. The molecule has 86 valence electrons. The van der Waals surface area contributed by atoms with Crippen molar-refractivity contribution in [1.82, 2.24) is 10.2 Å². The molecule has 1 rings (SSSR count). The number of hydrogen-bond acceptors (Lipinski definition) is 3. The van der Waals surface area contributed by atoms with E-state index in [2.05, 4.69) is 5.32 Å². The van der Waals surface area contributed by atoms with Gasteiger partial charge < -0.3 is 15.3 Å². The maximum Gasteiger partial charge on any atom is 0.326 e. The molecular formula is C10H18N2O3. The summed E-state index contributed by atoms with van der Waals surface area (Å²) in [6, 6.07) is -0.696. The predicted octanol–water partition coefficient (Wildman–Crippen LogP) is -0.0825. The third-order valence-corrected chi connectivity index (χ3v) is 2.90. The predicted molar refractivity (Wildman–Crippen MR) is 55.5 cm³/mol. The normalized spacial score (nSPS) is 22.4. The van der Waals surface area contributed by atoms with Crippen molar-refractivity contribution in [2.24, 2.45) is 5.92 Å². The average Bonchev–Trinajstić information content (AvgIpc) is 2.69. The quantitative estimate of drug-likeness (QED) is 0.686. The van der Waals surface area contributed by atoms with Crippen LogP contribution in [-0.2, 0) is 9.59 Å². The van der Waals surface area contributed by atoms with Crippen LogP contribution in [0.4, 0.5) is 0 Å². The van der Waals surface area contributed by atoms with Crippen molar-refractivity contribution in [3.63, 3.8) is 0 Å². The molecule has 1 saturated heterocycles. The van der Waals surface area contributed by atoms with Crippen LogP contribution >= 0.6 is 0 Å². The molecule has 0 aromatic heterocycles. The van der Waals surface area contributed by atoms with E-state index in [1.54, 1.807) is 14.0 Å². The first-order valence-electron chi connectivity index (χ1n) is 5.28. The lowest BCUT2D eigenvalue weighted by molar-refractivity contribution is -0.150. The van der Waals surface area contributed by atoms with Gasteiger partial charge in [-0.1, -0.05) is 6.92 Å². The van der Waals surface area contributed by atoms with Crippen LogP contribution in [-0.4, -0.2) is 48.1 Å². The summed E-state index contributed by atoms with van der Waals surface area (Å²) in [5.74, 6) is -1.04. The van der Waals surface area contributed by atoms with Crippen LogP contribution < -0.4 is 5.32 Å². The van der Waals surface area contributed by atoms with E-state index in [-0.39, 0.29) is 11.8 Å². The third-order valence-electron chi connectivity index (χ3n) is 2.90. The van der Waals surface area contributed by atoms with E-state index >= 15 is 0 Å². The number of likely N-dealkylation sites (N-methyl/N-ethyl adjacent to an activating group) is 1. The summed E-state index contributed by atoms with van der Waals surface area (Å²) in [5.41, 5.74) is 0. The minimum absolute atomic E-state index is 0.0524. The molecule has 1 aliphatic heterocycles. The molecule has 5 nitrogen and oxygen atoms in total. The SMILES string of the molecule is CCC(C(=O)O)N(C)C(=O)C1CCNC1. The summed E-state index contributed by atoms with van der Waals surface area (Å²) in [7, 11) is 1.57. The number of nitrogens with one attached hydrogen (secondary N) is 1. The van der Waals surface area contributed by atoms with E-state index in [9.17, 15) is 9.59 Å². The van der Waals surface area contributed by atoms with Crippen LogP contribution in [0.3, 0.4) is 0 Å². The van der Waals surface area contributed by atoms with Crippen molar-refractivity contribution in [3.8, 4) is 0 Å². The Kier molecular flexibility index (Phi) is 4.08. The zero-order valence-corrected chi connectivity index (χ0v) is 9.19. The van der Waals surface area contributed by atoms with Crippen LogP contribution in [0.15, 0.2) is 0 Å². The number of carboxylic acids is 1. The summed E-state index contributed by atoms with van der Waals surface area (Å²) < 4.78 is 0. The van der Waals surface area contributed by atoms with Gasteiger partial charge in [-0.05, 0) is 19.4 Å². The molecule has 2 N–H and O–H groups in total. The molecule has 1 fully saturated rings. The summed E-state index contributed by atoms with van der Waals surface area (Å²) in [6.45, 7) is 3.28. The first-order chi connectivity index (χ1) is 7.07. The molecule has 1 aliphatic rings. The summed E-state index contributed by atoms with van der Waals surface area (Å²) in [4.78, 5) is 24.1. The van der Waals surface area contributed by atoms with Crippen molar-refractivity contribution in [1.29, 1.82) is 0 Å². The van der Waals surface area contributed by atoms with E-state index in [1.807, 2.05) is 0 Å². The number of carbonyl (C=O) groups is 2. The highest BCUT2D eigenvalue weighted by molar-refractivity contribution is 5.85. The highest BCUT2D eigenvalue weighted by atomic mass is 16.4. The first kappa shape index (κ1) is 12.0. The maximum absolute atomic E-state index is 11.9. The van der Waals surface area contributed by atoms with Gasteiger partial charge in [-0.25, -0.2) is 4.79 Å². The summed E-state index contributed by atoms with van der Waals surface area (Å²) in [6.07, 6.45) is 1.25. The Labute approximate surface area is 89.4 Å². The summed E-state index contributed by atoms with van der Waals surface area (Å²) >= 11 is 0. The molecule has 0 aliphatic carbocycles. The van der Waals surface area contributed by atoms with Crippen molar-refractivity contribution in [2.45, 2.75) is 25.8 Å². The Hall–Kier alpha value is -1.10. The molecular weight excluding hydrogens is 196 g/mol. The number of aliphatic carboxylic acids is 1. The van der Waals surface area contributed by atoms with Crippen molar-refractivity contribution in [2.75, 3.05) is 20.1 Å². The Balaban J connectivity index is 2.60. The smallest absolute Gasteiger partial charge is 0.326 e. The molecule has 0 aromatic rings. The van der Waals surface area contributed by atoms with Gasteiger partial charge in [-0.3, -0.25) is 4.79 Å². The van der Waals surface area contributed by atoms with E-state index in [0.29, 0.717) is 13.0 Å². The number of amides is 1. The lowest BCUT2D eigenvalue weighted by atomic mass is 10.1. The van der Waals surface area contributed by atoms with Crippen LogP contribution in [0.1, 0.15) is 19.8 Å². The Bertz CT molecular complexity index is 249. The largest absolute Gasteiger partial charge is 0.480 e. The monoisotopic (exact) mass is 214 g/mol. The first-order valence-corrected chi connectivity index (χ1v) is 5.28. The lowest BCUT2D eigenvalue weighted by Gasteiger charge is -2.26. The fourth-order valence-electron chi connectivity index (χ4n) is 1.92. The minimum atomic E-state index is -0.931. The molecule has 0 bridgehead atoms. The fraction of sp³-hybridized carbons (Fsp3) is 0.800. The highest BCUT2D eigenvalue weighted by Gasteiger charge is 2.31. The maximum atomic E-state index is 11.9. The van der Waals surface area contributed by atoms with Gasteiger partial charge in [0, 0.05) is 13.6 Å². The molecule has 0 radical (unpaired) electrons. The van der Waals surface area contributed by atoms with Gasteiger partial charge in [0.05, 0.1) is 5.92 Å². The zero-order chi connectivity index (χ0) is 11.4. The van der Waals surface area contributed by atoms with E-state index in [0.717, 1.165) is 13.0 Å². The molecule has 15 heavy (non-hydrogen) atoms. The van der Waals surface area contributed by atoms with Crippen LogP contribution in [0.2, 0.25) is 0 Å². The van der Waals surface area contributed by atoms with Crippen molar-refractivity contribution < 1.29 is 14.7 Å². The standard InChI is InChI=1S/C10H18N2O3/c1-3-8(10(14)15)12(2)9(13)7-4-5-11-6-7/h7-8,11H,3-6H2,1-2H3,(H,14,15). The Morgan fingerprint density at radius 2 is 2.27 bits per heavy atom. The van der Waals surface area contributed by atoms with Gasteiger partial charge in [0.2, 0.25) is 5.91 Å². The number of carbonyl (C=O) groups excluding carboxylic acids is 1. The highest BCUT2D eigenvalue weighted by Crippen LogP contribution is 2.13. The molecule has 1 heterocycles. The Morgan fingerprint density at radius 1 is 1.60 bits per heavy atom. The minimum Gasteiger partial charge on any atom is -0.480 e. The van der Waals surface area contributed by atoms with Gasteiger partial charge in [-0.15, -0.1) is 0 Å². The molecule has 0 saturated carbocycles. The van der Waals surface area contributed by atoms with E-state index in [4.69, 9.17) is 5.11 Å². The second-order valence-electron chi connectivity index (χ2n) is 3.90. The number of nitrogens with zero attached hydrogens (tertiary/aromatic N) is 1. The number of carboxylic acid groups (broad SMARTS) is 1. The zero-order valence-electron chi connectivity index (χ0n) is 9.19. The second-order valence-corrected chi connectivity index (χ2v) is 3.90. The molecule has 1 amide bonds. The summed E-state index contributed by atoms with van der Waals surface area (Å²) in [5, 5.41) is 12.0.